The van der Waals surface area contributed by atoms with Crippen LogP contribution in [-0.4, -0.2) is 23.5 Å². The fourth-order valence-corrected chi connectivity index (χ4v) is 3.33. The van der Waals surface area contributed by atoms with Crippen LogP contribution in [0.1, 0.15) is 41.6 Å². The quantitative estimate of drug-likeness (QED) is 0.900. The van der Waals surface area contributed by atoms with Gasteiger partial charge in [0.1, 0.15) is 5.75 Å². The van der Waals surface area contributed by atoms with Crippen LogP contribution in [0.15, 0.2) is 18.2 Å². The normalized spacial score (nSPS) is 25.1. The highest BCUT2D eigenvalue weighted by atomic mass is 16.5. The van der Waals surface area contributed by atoms with Gasteiger partial charge in [-0.05, 0) is 30.5 Å². The molecule has 1 saturated carbocycles. The van der Waals surface area contributed by atoms with Crippen LogP contribution >= 0.6 is 0 Å². The van der Waals surface area contributed by atoms with Crippen LogP contribution in [0.2, 0.25) is 0 Å². The average Bonchev–Trinajstić information content (AvgIpc) is 2.57. The molecule has 2 aliphatic rings. The van der Waals surface area contributed by atoms with Gasteiger partial charge in [0.15, 0.2) is 5.78 Å². The zero-order valence-electron chi connectivity index (χ0n) is 11.3. The number of carbonyl (C=O) groups excluding carboxylic acids is 1. The predicted octanol–water partition coefficient (Wildman–Crippen LogP) is 2.70. The van der Waals surface area contributed by atoms with E-state index < -0.39 is 5.97 Å². The van der Waals surface area contributed by atoms with E-state index in [9.17, 15) is 9.59 Å². The number of rotatable bonds is 2. The molecule has 20 heavy (non-hydrogen) atoms. The summed E-state index contributed by atoms with van der Waals surface area (Å²) >= 11 is 0. The highest BCUT2D eigenvalue weighted by molar-refractivity contribution is 6.01. The second kappa shape index (κ2) is 5.27. The molecule has 0 aromatic heterocycles. The Bertz CT molecular complexity index is 549. The molecule has 0 unspecified atom stereocenters. The molecule has 3 rings (SSSR count). The number of ether oxygens (including phenoxy) is 1. The van der Waals surface area contributed by atoms with Crippen molar-refractivity contribution in [2.75, 3.05) is 6.61 Å². The Balaban J connectivity index is 1.94. The number of ketones is 1. The highest BCUT2D eigenvalue weighted by Gasteiger charge is 2.35. The van der Waals surface area contributed by atoms with Crippen LogP contribution in [0.5, 0.6) is 5.75 Å². The Morgan fingerprint density at radius 3 is 2.90 bits per heavy atom. The molecular weight excluding hydrogens is 256 g/mol. The molecule has 0 bridgehead atoms. The van der Waals surface area contributed by atoms with Gasteiger partial charge >= 0.3 is 5.97 Å². The first-order valence-corrected chi connectivity index (χ1v) is 7.17. The Morgan fingerprint density at radius 2 is 2.10 bits per heavy atom. The van der Waals surface area contributed by atoms with E-state index in [0.29, 0.717) is 29.4 Å². The van der Waals surface area contributed by atoms with Gasteiger partial charge in [0.2, 0.25) is 0 Å². The third kappa shape index (κ3) is 2.42. The molecule has 1 aliphatic carbocycles. The lowest BCUT2D eigenvalue weighted by atomic mass is 9.76. The van der Waals surface area contributed by atoms with E-state index in [2.05, 4.69) is 0 Å². The van der Waals surface area contributed by atoms with Crippen molar-refractivity contribution in [1.29, 1.82) is 0 Å². The number of fused-ring (bicyclic) bond motifs is 2. The molecule has 0 spiro atoms. The number of carboxylic acids is 1. The van der Waals surface area contributed by atoms with Gasteiger partial charge in [0, 0.05) is 11.8 Å². The molecule has 2 atom stereocenters. The van der Waals surface area contributed by atoms with Gasteiger partial charge < -0.3 is 9.84 Å². The Kier molecular flexibility index (Phi) is 3.47. The second-order valence-corrected chi connectivity index (χ2v) is 5.73. The molecule has 106 valence electrons. The largest absolute Gasteiger partial charge is 0.493 e. The average molecular weight is 274 g/mol. The summed E-state index contributed by atoms with van der Waals surface area (Å²) in [6, 6.07) is 5.17. The third-order valence-corrected chi connectivity index (χ3v) is 4.36. The number of hydrogen-bond donors (Lipinski definition) is 1. The van der Waals surface area contributed by atoms with Crippen molar-refractivity contribution in [1.82, 2.24) is 0 Å². The maximum Gasteiger partial charge on any atom is 0.307 e. The molecule has 4 heteroatoms. The number of aliphatic carboxylic acids is 1. The molecular formula is C16H18O4. The molecule has 0 saturated heterocycles. The summed E-state index contributed by atoms with van der Waals surface area (Å²) in [5, 5.41) is 8.86. The maximum absolute atomic E-state index is 12.7. The number of benzene rings is 1. The van der Waals surface area contributed by atoms with E-state index in [1.54, 1.807) is 18.2 Å². The van der Waals surface area contributed by atoms with Gasteiger partial charge in [-0.15, -0.1) is 0 Å². The molecule has 1 N–H and O–H groups in total. The van der Waals surface area contributed by atoms with Crippen LogP contribution < -0.4 is 4.74 Å². The van der Waals surface area contributed by atoms with Crippen LogP contribution in [0.25, 0.3) is 0 Å². The fourth-order valence-electron chi connectivity index (χ4n) is 3.33. The lowest BCUT2D eigenvalue weighted by Crippen LogP contribution is -2.28. The van der Waals surface area contributed by atoms with E-state index in [-0.39, 0.29) is 18.1 Å². The molecule has 1 aromatic rings. The lowest BCUT2D eigenvalue weighted by Gasteiger charge is -2.27. The van der Waals surface area contributed by atoms with Crippen molar-refractivity contribution < 1.29 is 19.4 Å². The van der Waals surface area contributed by atoms with Gasteiger partial charge in [0.05, 0.1) is 18.6 Å². The van der Waals surface area contributed by atoms with Crippen molar-refractivity contribution in [2.24, 2.45) is 11.8 Å². The Morgan fingerprint density at radius 1 is 1.30 bits per heavy atom. The minimum absolute atomic E-state index is 0.0464. The van der Waals surface area contributed by atoms with Crippen molar-refractivity contribution in [3.8, 4) is 5.75 Å². The smallest absolute Gasteiger partial charge is 0.307 e. The minimum Gasteiger partial charge on any atom is -0.493 e. The molecule has 1 aromatic carbocycles. The lowest BCUT2D eigenvalue weighted by molar-refractivity contribution is -0.136. The molecule has 1 aliphatic heterocycles. The van der Waals surface area contributed by atoms with Gasteiger partial charge in [-0.25, -0.2) is 0 Å². The van der Waals surface area contributed by atoms with Crippen molar-refractivity contribution in [3.63, 3.8) is 0 Å². The van der Waals surface area contributed by atoms with Gasteiger partial charge in [-0.3, -0.25) is 9.59 Å². The standard InChI is InChI=1S/C16H18O4/c17-15(18)8-10-5-6-14-13(7-10)16(19)12-4-2-1-3-11(12)9-20-14/h5-7,11-12H,1-4,8-9H2,(H,17,18)/t11-,12+/m1/s1. The Hall–Kier alpha value is -1.84. The molecule has 4 nitrogen and oxygen atoms in total. The fraction of sp³-hybridized carbons (Fsp3) is 0.500. The van der Waals surface area contributed by atoms with E-state index >= 15 is 0 Å². The second-order valence-electron chi connectivity index (χ2n) is 5.73. The maximum atomic E-state index is 12.7. The first-order chi connectivity index (χ1) is 9.65. The van der Waals surface area contributed by atoms with E-state index in [4.69, 9.17) is 9.84 Å². The van der Waals surface area contributed by atoms with Gasteiger partial charge in [-0.2, -0.15) is 0 Å². The van der Waals surface area contributed by atoms with E-state index in [1.807, 2.05) is 0 Å². The van der Waals surface area contributed by atoms with Gasteiger partial charge in [-0.1, -0.05) is 18.9 Å². The van der Waals surface area contributed by atoms with Crippen molar-refractivity contribution >= 4 is 11.8 Å². The number of hydrogen-bond acceptors (Lipinski definition) is 3. The topological polar surface area (TPSA) is 63.6 Å². The van der Waals surface area contributed by atoms with Gasteiger partial charge in [0.25, 0.3) is 0 Å². The molecule has 0 amide bonds. The van der Waals surface area contributed by atoms with Crippen LogP contribution in [0.4, 0.5) is 0 Å². The number of carboxylic acid groups (broad SMARTS) is 1. The first kappa shape index (κ1) is 13.2. The summed E-state index contributed by atoms with van der Waals surface area (Å²) in [5.41, 5.74) is 1.22. The summed E-state index contributed by atoms with van der Waals surface area (Å²) in [5.74, 6) is 0.215. The molecule has 0 radical (unpaired) electrons. The summed E-state index contributed by atoms with van der Waals surface area (Å²) in [7, 11) is 0. The first-order valence-electron chi connectivity index (χ1n) is 7.17. The summed E-state index contributed by atoms with van der Waals surface area (Å²) in [4.78, 5) is 23.5. The summed E-state index contributed by atoms with van der Waals surface area (Å²) in [6.07, 6.45) is 4.17. The van der Waals surface area contributed by atoms with Crippen LogP contribution in [0.3, 0.4) is 0 Å². The molecule has 1 fully saturated rings. The van der Waals surface area contributed by atoms with Crippen LogP contribution in [-0.2, 0) is 11.2 Å². The predicted molar refractivity (Wildman–Crippen MR) is 73.1 cm³/mol. The minimum atomic E-state index is -0.887. The molecule has 1 heterocycles. The van der Waals surface area contributed by atoms with Crippen molar-refractivity contribution in [3.05, 3.63) is 29.3 Å². The highest BCUT2D eigenvalue weighted by Crippen LogP contribution is 2.38. The monoisotopic (exact) mass is 274 g/mol. The number of Topliss-reactive ketones (excluding diaryl/α,β-unsaturated/α-hetero) is 1. The van der Waals surface area contributed by atoms with Crippen LogP contribution in [0, 0.1) is 11.8 Å². The van der Waals surface area contributed by atoms with E-state index in [1.165, 1.54) is 6.42 Å². The van der Waals surface area contributed by atoms with E-state index in [0.717, 1.165) is 19.3 Å². The van der Waals surface area contributed by atoms with Crippen molar-refractivity contribution in [2.45, 2.75) is 32.1 Å². The summed E-state index contributed by atoms with van der Waals surface area (Å²) < 4.78 is 5.78. The number of carbonyl (C=O) groups is 2. The Labute approximate surface area is 117 Å². The SMILES string of the molecule is O=C(O)Cc1ccc2c(c1)C(=O)[C@H]1CCCC[C@@H]1CO2. The summed E-state index contributed by atoms with van der Waals surface area (Å²) in [6.45, 7) is 0.599. The zero-order valence-corrected chi connectivity index (χ0v) is 11.3. The zero-order chi connectivity index (χ0) is 14.1. The third-order valence-electron chi connectivity index (χ3n) is 4.36.